The second kappa shape index (κ2) is 9.43. The van der Waals surface area contributed by atoms with Gasteiger partial charge in [0.2, 0.25) is 0 Å². The Hall–Kier alpha value is -1.72. The first-order valence-electron chi connectivity index (χ1n) is 8.04. The first kappa shape index (κ1) is 17.6. The van der Waals surface area contributed by atoms with E-state index in [4.69, 9.17) is 5.73 Å². The summed E-state index contributed by atoms with van der Waals surface area (Å²) < 4.78 is 0. The molecule has 0 atom stereocenters. The van der Waals surface area contributed by atoms with E-state index in [9.17, 15) is 0 Å². The molecule has 0 radical (unpaired) electrons. The Labute approximate surface area is 142 Å². The lowest BCUT2D eigenvalue weighted by molar-refractivity contribution is 0.729. The highest BCUT2D eigenvalue weighted by Crippen LogP contribution is 2.22. The Kier molecular flexibility index (Phi) is 7.23. The van der Waals surface area contributed by atoms with Crippen LogP contribution in [0.25, 0.3) is 10.8 Å². The van der Waals surface area contributed by atoms with Crippen LogP contribution in [0.5, 0.6) is 0 Å². The number of anilines is 1. The van der Waals surface area contributed by atoms with Crippen LogP contribution in [-0.4, -0.2) is 36.6 Å². The van der Waals surface area contributed by atoms with Crippen LogP contribution in [-0.2, 0) is 0 Å². The van der Waals surface area contributed by atoms with Crippen LogP contribution in [0, 0.1) is 0 Å². The van der Waals surface area contributed by atoms with Crippen LogP contribution >= 0.6 is 11.8 Å². The number of thioether (sulfide) groups is 1. The van der Waals surface area contributed by atoms with Crippen molar-refractivity contribution < 1.29 is 0 Å². The average molecular weight is 331 g/mol. The number of nitrogens with one attached hydrogen (secondary N) is 2. The van der Waals surface area contributed by atoms with Gasteiger partial charge in [0.25, 0.3) is 0 Å². The molecule has 0 aliphatic carbocycles. The maximum atomic E-state index is 5.51. The van der Waals surface area contributed by atoms with Crippen molar-refractivity contribution in [2.75, 3.05) is 29.9 Å². The van der Waals surface area contributed by atoms with E-state index >= 15 is 0 Å². The number of nitrogens with zero attached hydrogens (tertiary/aromatic N) is 1. The Morgan fingerprint density at radius 2 is 1.91 bits per heavy atom. The van der Waals surface area contributed by atoms with Crippen molar-refractivity contribution in [1.82, 2.24) is 5.32 Å². The molecule has 0 amide bonds. The Morgan fingerprint density at radius 3 is 2.70 bits per heavy atom. The van der Waals surface area contributed by atoms with E-state index in [1.807, 2.05) is 11.8 Å². The maximum Gasteiger partial charge on any atom is 0.196 e. The van der Waals surface area contributed by atoms with E-state index in [0.29, 0.717) is 6.04 Å². The van der Waals surface area contributed by atoms with Crippen LogP contribution in [0.15, 0.2) is 47.5 Å². The minimum Gasteiger partial charge on any atom is -0.354 e. The average Bonchev–Trinajstić information content (AvgIpc) is 2.54. The van der Waals surface area contributed by atoms with E-state index in [-0.39, 0.29) is 0 Å². The van der Waals surface area contributed by atoms with Crippen LogP contribution in [0.3, 0.4) is 0 Å². The van der Waals surface area contributed by atoms with E-state index < -0.39 is 0 Å². The lowest BCUT2D eigenvalue weighted by Gasteiger charge is -2.16. The van der Waals surface area contributed by atoms with Crippen molar-refractivity contribution >= 4 is 34.2 Å². The number of hydrogen-bond acceptors (Lipinski definition) is 3. The van der Waals surface area contributed by atoms with Gasteiger partial charge in [-0.3, -0.25) is 4.99 Å². The third-order valence-corrected chi connectivity index (χ3v) is 4.23. The van der Waals surface area contributed by atoms with Gasteiger partial charge in [-0.05, 0) is 25.3 Å². The van der Waals surface area contributed by atoms with Gasteiger partial charge in [0.05, 0.1) is 6.54 Å². The lowest BCUT2D eigenvalue weighted by Crippen LogP contribution is -2.36. The van der Waals surface area contributed by atoms with E-state index in [2.05, 4.69) is 71.9 Å². The Balaban J connectivity index is 2.11. The molecule has 23 heavy (non-hydrogen) atoms. The van der Waals surface area contributed by atoms with Crippen molar-refractivity contribution in [3.05, 3.63) is 42.5 Å². The molecule has 0 bridgehead atoms. The Morgan fingerprint density at radius 1 is 1.13 bits per heavy atom. The molecule has 0 aromatic heterocycles. The quantitative estimate of drug-likeness (QED) is 0.414. The zero-order chi connectivity index (χ0) is 16.5. The molecular formula is C18H26N4S. The SMILES string of the molecule is CC(C)NC(=NCCSCCN)Nc1cccc2ccccc12. The molecule has 2 rings (SSSR count). The second-order valence-electron chi connectivity index (χ2n) is 5.58. The van der Waals surface area contributed by atoms with Crippen molar-refractivity contribution in [2.45, 2.75) is 19.9 Å². The summed E-state index contributed by atoms with van der Waals surface area (Å²) in [6, 6.07) is 15.0. The van der Waals surface area contributed by atoms with E-state index in [1.165, 1.54) is 10.8 Å². The van der Waals surface area contributed by atoms with Crippen molar-refractivity contribution in [3.8, 4) is 0 Å². The van der Waals surface area contributed by atoms with Gasteiger partial charge in [0.15, 0.2) is 5.96 Å². The fourth-order valence-corrected chi connectivity index (χ4v) is 2.86. The molecule has 2 aromatic rings. The highest BCUT2D eigenvalue weighted by molar-refractivity contribution is 7.99. The van der Waals surface area contributed by atoms with Gasteiger partial charge >= 0.3 is 0 Å². The Bertz CT molecular complexity index is 634. The van der Waals surface area contributed by atoms with Crippen LogP contribution < -0.4 is 16.4 Å². The van der Waals surface area contributed by atoms with Gasteiger partial charge in [-0.25, -0.2) is 0 Å². The number of rotatable bonds is 7. The zero-order valence-corrected chi connectivity index (χ0v) is 14.7. The molecule has 0 heterocycles. The number of guanidine groups is 1. The molecule has 0 aliphatic heterocycles. The van der Waals surface area contributed by atoms with Gasteiger partial charge in [0, 0.05) is 35.2 Å². The fourth-order valence-electron chi connectivity index (χ4n) is 2.26. The summed E-state index contributed by atoms with van der Waals surface area (Å²) in [6.07, 6.45) is 0. The minimum absolute atomic E-state index is 0.327. The minimum atomic E-state index is 0.327. The predicted molar refractivity (Wildman–Crippen MR) is 105 cm³/mol. The van der Waals surface area contributed by atoms with E-state index in [0.717, 1.165) is 36.2 Å². The highest BCUT2D eigenvalue weighted by atomic mass is 32.2. The predicted octanol–water partition coefficient (Wildman–Crippen LogP) is 3.30. The largest absolute Gasteiger partial charge is 0.354 e. The molecule has 4 N–H and O–H groups in total. The summed E-state index contributed by atoms with van der Waals surface area (Å²) in [5, 5.41) is 9.26. The van der Waals surface area contributed by atoms with Gasteiger partial charge in [-0.1, -0.05) is 36.4 Å². The second-order valence-corrected chi connectivity index (χ2v) is 6.81. The van der Waals surface area contributed by atoms with Crippen LogP contribution in [0.1, 0.15) is 13.8 Å². The molecule has 0 spiro atoms. The summed E-state index contributed by atoms with van der Waals surface area (Å²) >= 11 is 1.84. The van der Waals surface area contributed by atoms with Gasteiger partial charge in [-0.2, -0.15) is 11.8 Å². The summed E-state index contributed by atoms with van der Waals surface area (Å²) in [5.41, 5.74) is 6.58. The third kappa shape index (κ3) is 5.77. The first-order valence-corrected chi connectivity index (χ1v) is 9.19. The smallest absolute Gasteiger partial charge is 0.196 e. The number of nitrogens with two attached hydrogens (primary N) is 1. The van der Waals surface area contributed by atoms with Crippen molar-refractivity contribution in [2.24, 2.45) is 10.7 Å². The van der Waals surface area contributed by atoms with Crippen LogP contribution in [0.2, 0.25) is 0 Å². The van der Waals surface area contributed by atoms with Gasteiger partial charge in [0.1, 0.15) is 0 Å². The van der Waals surface area contributed by atoms with E-state index in [1.54, 1.807) is 0 Å². The number of aliphatic imine (C=N–C) groups is 1. The third-order valence-electron chi connectivity index (χ3n) is 3.24. The van der Waals surface area contributed by atoms with Crippen molar-refractivity contribution in [3.63, 3.8) is 0 Å². The normalized spacial score (nSPS) is 11.9. The number of hydrogen-bond donors (Lipinski definition) is 3. The molecule has 0 unspecified atom stereocenters. The standard InChI is InChI=1S/C18H26N4S/c1-14(2)21-18(20-11-13-23-12-10-19)22-17-9-5-7-15-6-3-4-8-16(15)17/h3-9,14H,10-13,19H2,1-2H3,(H2,20,21,22). The lowest BCUT2D eigenvalue weighted by atomic mass is 10.1. The zero-order valence-electron chi connectivity index (χ0n) is 13.9. The number of fused-ring (bicyclic) bond motifs is 1. The molecule has 2 aromatic carbocycles. The fraction of sp³-hybridized carbons (Fsp3) is 0.389. The van der Waals surface area contributed by atoms with Gasteiger partial charge in [-0.15, -0.1) is 0 Å². The molecule has 4 nitrogen and oxygen atoms in total. The maximum absolute atomic E-state index is 5.51. The molecule has 5 heteroatoms. The topological polar surface area (TPSA) is 62.4 Å². The highest BCUT2D eigenvalue weighted by Gasteiger charge is 2.05. The molecule has 124 valence electrons. The number of benzene rings is 2. The first-order chi connectivity index (χ1) is 11.2. The van der Waals surface area contributed by atoms with Gasteiger partial charge < -0.3 is 16.4 Å². The molecule has 0 fully saturated rings. The monoisotopic (exact) mass is 330 g/mol. The summed E-state index contributed by atoms with van der Waals surface area (Å²) in [5.74, 6) is 2.79. The molecular weight excluding hydrogens is 304 g/mol. The summed E-state index contributed by atoms with van der Waals surface area (Å²) in [4.78, 5) is 4.67. The van der Waals surface area contributed by atoms with Crippen molar-refractivity contribution in [1.29, 1.82) is 0 Å². The summed E-state index contributed by atoms with van der Waals surface area (Å²) in [7, 11) is 0. The summed E-state index contributed by atoms with van der Waals surface area (Å²) in [6.45, 7) is 5.73. The molecule has 0 saturated heterocycles. The van der Waals surface area contributed by atoms with Crippen LogP contribution in [0.4, 0.5) is 5.69 Å². The molecule has 0 aliphatic rings. The molecule has 0 saturated carbocycles.